The summed E-state index contributed by atoms with van der Waals surface area (Å²) in [7, 11) is 0. The molecule has 0 saturated heterocycles. The number of hydrogen-bond acceptors (Lipinski definition) is 3. The lowest BCUT2D eigenvalue weighted by molar-refractivity contribution is 0.0514. The fourth-order valence-electron chi connectivity index (χ4n) is 2.90. The highest BCUT2D eigenvalue weighted by Crippen LogP contribution is 2.13. The lowest BCUT2D eigenvalue weighted by atomic mass is 9.97. The Bertz CT molecular complexity index is 735. The summed E-state index contributed by atoms with van der Waals surface area (Å²) in [4.78, 5) is 12.2. The minimum atomic E-state index is -0.550. The quantitative estimate of drug-likeness (QED) is 0.661. The molecule has 4 nitrogen and oxygen atoms in total. The second-order valence-electron chi connectivity index (χ2n) is 7.96. The molecule has 0 spiro atoms. The zero-order valence-electron chi connectivity index (χ0n) is 17.0. The highest BCUT2D eigenvalue weighted by atomic mass is 16.6. The summed E-state index contributed by atoms with van der Waals surface area (Å²) < 4.78 is 5.40. The van der Waals surface area contributed by atoms with Gasteiger partial charge < -0.3 is 15.2 Å². The van der Waals surface area contributed by atoms with Crippen molar-refractivity contribution in [1.29, 1.82) is 0 Å². The van der Waals surface area contributed by atoms with Gasteiger partial charge in [0.2, 0.25) is 0 Å². The molecule has 0 aliphatic heterocycles. The van der Waals surface area contributed by atoms with Crippen LogP contribution in [0, 0.1) is 5.92 Å². The van der Waals surface area contributed by atoms with Crippen LogP contribution >= 0.6 is 0 Å². The Labute approximate surface area is 168 Å². The van der Waals surface area contributed by atoms with Gasteiger partial charge in [-0.05, 0) is 44.7 Å². The van der Waals surface area contributed by atoms with E-state index in [2.05, 4.69) is 17.4 Å². The third-order valence-corrected chi connectivity index (χ3v) is 4.19. The number of amides is 1. The van der Waals surface area contributed by atoms with E-state index in [1.54, 1.807) is 0 Å². The molecular weight excluding hydrogens is 350 g/mol. The highest BCUT2D eigenvalue weighted by molar-refractivity contribution is 5.68. The van der Waals surface area contributed by atoms with Gasteiger partial charge in [0.15, 0.2) is 0 Å². The molecule has 150 valence electrons. The van der Waals surface area contributed by atoms with Gasteiger partial charge in [0, 0.05) is 12.5 Å². The summed E-state index contributed by atoms with van der Waals surface area (Å²) in [5, 5.41) is 12.7. The monoisotopic (exact) mass is 381 g/mol. The number of carbonyl (C=O) groups is 1. The minimum absolute atomic E-state index is 0.0129. The maximum Gasteiger partial charge on any atom is 0.408 e. The SMILES string of the molecule is CC(C)(C)OC(=O)N[C@H](/C=C\[C@@H](CO)Cc1ccccc1)Cc1ccccc1. The van der Waals surface area contributed by atoms with Crippen LogP contribution < -0.4 is 5.32 Å². The molecule has 0 fully saturated rings. The van der Waals surface area contributed by atoms with E-state index < -0.39 is 11.7 Å². The Balaban J connectivity index is 2.07. The number of rotatable bonds is 8. The first-order chi connectivity index (χ1) is 13.4. The molecule has 2 N–H and O–H groups in total. The van der Waals surface area contributed by atoms with E-state index in [1.165, 1.54) is 5.56 Å². The smallest absolute Gasteiger partial charge is 0.408 e. The van der Waals surface area contributed by atoms with Gasteiger partial charge in [0.1, 0.15) is 5.60 Å². The predicted octanol–water partition coefficient (Wildman–Crippen LogP) is 4.53. The minimum Gasteiger partial charge on any atom is -0.444 e. The largest absolute Gasteiger partial charge is 0.444 e. The standard InChI is InChI=1S/C24H31NO3/c1-24(2,3)28-23(27)25-22(17-20-12-8-5-9-13-20)15-14-21(18-26)16-19-10-6-4-7-11-19/h4-15,21-22,26H,16-18H2,1-3H3,(H,25,27)/b15-14-/t21-,22-/m1/s1. The van der Waals surface area contributed by atoms with Crippen molar-refractivity contribution in [3.05, 3.63) is 83.9 Å². The van der Waals surface area contributed by atoms with Gasteiger partial charge >= 0.3 is 6.09 Å². The molecular formula is C24H31NO3. The molecule has 0 aliphatic carbocycles. The molecule has 0 aromatic heterocycles. The Morgan fingerprint density at radius 3 is 2.00 bits per heavy atom. The van der Waals surface area contributed by atoms with Crippen LogP contribution in [-0.2, 0) is 17.6 Å². The summed E-state index contributed by atoms with van der Waals surface area (Å²) in [5.74, 6) is -0.0129. The fraction of sp³-hybridized carbons (Fsp3) is 0.375. The molecule has 0 saturated carbocycles. The van der Waals surface area contributed by atoms with Gasteiger partial charge in [-0.3, -0.25) is 0 Å². The van der Waals surface area contributed by atoms with Gasteiger partial charge in [0.05, 0.1) is 6.04 Å². The summed E-state index contributed by atoms with van der Waals surface area (Å²) in [6.07, 6.45) is 4.90. The lowest BCUT2D eigenvalue weighted by Crippen LogP contribution is -2.39. The third-order valence-electron chi connectivity index (χ3n) is 4.19. The van der Waals surface area contributed by atoms with E-state index in [9.17, 15) is 9.90 Å². The summed E-state index contributed by atoms with van der Waals surface area (Å²) in [6, 6.07) is 19.9. The van der Waals surface area contributed by atoms with E-state index in [-0.39, 0.29) is 18.6 Å². The van der Waals surface area contributed by atoms with Crippen molar-refractivity contribution in [1.82, 2.24) is 5.32 Å². The van der Waals surface area contributed by atoms with E-state index in [1.807, 2.05) is 81.5 Å². The maximum atomic E-state index is 12.2. The van der Waals surface area contributed by atoms with Gasteiger partial charge in [-0.25, -0.2) is 4.79 Å². The molecule has 1 amide bonds. The number of alkyl carbamates (subject to hydrolysis) is 1. The van der Waals surface area contributed by atoms with Crippen LogP contribution in [0.15, 0.2) is 72.8 Å². The summed E-state index contributed by atoms with van der Waals surface area (Å²) in [5.41, 5.74) is 1.74. The van der Waals surface area contributed by atoms with Crippen molar-refractivity contribution in [3.8, 4) is 0 Å². The first-order valence-electron chi connectivity index (χ1n) is 9.72. The molecule has 0 bridgehead atoms. The normalized spacial score (nSPS) is 13.9. The number of ether oxygens (including phenoxy) is 1. The van der Waals surface area contributed by atoms with Crippen LogP contribution in [0.2, 0.25) is 0 Å². The number of hydrogen-bond donors (Lipinski definition) is 2. The van der Waals surface area contributed by atoms with Crippen LogP contribution in [-0.4, -0.2) is 29.4 Å². The fourth-order valence-corrected chi connectivity index (χ4v) is 2.90. The van der Waals surface area contributed by atoms with Crippen LogP contribution in [0.25, 0.3) is 0 Å². The number of benzene rings is 2. The molecule has 2 aromatic rings. The van der Waals surface area contributed by atoms with Gasteiger partial charge in [-0.1, -0.05) is 72.8 Å². The average molecular weight is 382 g/mol. The van der Waals surface area contributed by atoms with E-state index >= 15 is 0 Å². The third kappa shape index (κ3) is 8.40. The molecule has 4 heteroatoms. The van der Waals surface area contributed by atoms with Crippen molar-refractivity contribution >= 4 is 6.09 Å². The van der Waals surface area contributed by atoms with Crippen molar-refractivity contribution in [2.45, 2.75) is 45.3 Å². The van der Waals surface area contributed by atoms with Crippen LogP contribution in [0.1, 0.15) is 31.9 Å². The molecule has 2 atom stereocenters. The second kappa shape index (κ2) is 10.7. The molecule has 0 aliphatic rings. The first-order valence-corrected chi connectivity index (χ1v) is 9.72. The Hall–Kier alpha value is -2.59. The van der Waals surface area contributed by atoms with Gasteiger partial charge in [0.25, 0.3) is 0 Å². The van der Waals surface area contributed by atoms with Crippen LogP contribution in [0.4, 0.5) is 4.79 Å². The Morgan fingerprint density at radius 1 is 0.964 bits per heavy atom. The van der Waals surface area contributed by atoms with Crippen molar-refractivity contribution < 1.29 is 14.6 Å². The zero-order valence-corrected chi connectivity index (χ0v) is 17.0. The highest BCUT2D eigenvalue weighted by Gasteiger charge is 2.19. The van der Waals surface area contributed by atoms with Crippen molar-refractivity contribution in [2.75, 3.05) is 6.61 Å². The summed E-state index contributed by atoms with van der Waals surface area (Å²) in [6.45, 7) is 5.58. The van der Waals surface area contributed by atoms with E-state index in [0.717, 1.165) is 12.0 Å². The summed E-state index contributed by atoms with van der Waals surface area (Å²) >= 11 is 0. The molecule has 0 unspecified atom stereocenters. The second-order valence-corrected chi connectivity index (χ2v) is 7.96. The first kappa shape index (κ1) is 21.7. The number of nitrogens with one attached hydrogen (secondary N) is 1. The predicted molar refractivity (Wildman–Crippen MR) is 113 cm³/mol. The van der Waals surface area contributed by atoms with Gasteiger partial charge in [-0.2, -0.15) is 0 Å². The topological polar surface area (TPSA) is 58.6 Å². The Morgan fingerprint density at radius 2 is 1.50 bits per heavy atom. The van der Waals surface area contributed by atoms with Crippen LogP contribution in [0.3, 0.4) is 0 Å². The van der Waals surface area contributed by atoms with E-state index in [0.29, 0.717) is 6.42 Å². The number of aliphatic hydroxyl groups is 1. The lowest BCUT2D eigenvalue weighted by Gasteiger charge is -2.22. The molecule has 0 radical (unpaired) electrons. The molecule has 2 aromatic carbocycles. The molecule has 0 heterocycles. The number of aliphatic hydroxyl groups excluding tert-OH is 1. The van der Waals surface area contributed by atoms with Crippen LogP contribution in [0.5, 0.6) is 0 Å². The number of carbonyl (C=O) groups excluding carboxylic acids is 1. The van der Waals surface area contributed by atoms with E-state index in [4.69, 9.17) is 4.74 Å². The van der Waals surface area contributed by atoms with Gasteiger partial charge in [-0.15, -0.1) is 0 Å². The molecule has 28 heavy (non-hydrogen) atoms. The maximum absolute atomic E-state index is 12.2. The Kier molecular flexibility index (Phi) is 8.27. The van der Waals surface area contributed by atoms with Crippen molar-refractivity contribution in [3.63, 3.8) is 0 Å². The zero-order chi connectivity index (χ0) is 20.4. The molecule has 2 rings (SSSR count). The average Bonchev–Trinajstić information content (AvgIpc) is 2.65. The van der Waals surface area contributed by atoms with Crippen molar-refractivity contribution in [2.24, 2.45) is 5.92 Å².